The first-order valence-corrected chi connectivity index (χ1v) is 21.8. The zero-order valence-corrected chi connectivity index (χ0v) is 32.0. The second kappa shape index (κ2) is 17.5. The normalized spacial score (nSPS) is 19.9. The number of cyclic esters (lactones) is 2. The molecule has 0 bridgehead atoms. The van der Waals surface area contributed by atoms with Crippen molar-refractivity contribution < 1.29 is 56.7 Å². The van der Waals surface area contributed by atoms with E-state index in [1.165, 1.54) is 45.8 Å². The van der Waals surface area contributed by atoms with Crippen molar-refractivity contribution >= 4 is 108 Å². The lowest BCUT2D eigenvalue weighted by atomic mass is 9.71. The molecule has 1 saturated heterocycles. The molecule has 268 valence electrons. The average Bonchev–Trinajstić information content (AvgIpc) is 3.71. The molecule has 50 heavy (non-hydrogen) atoms. The second-order valence-electron chi connectivity index (χ2n) is 11.0. The maximum Gasteiger partial charge on any atom is 0.643 e. The molecule has 7 rings (SSSR count). The van der Waals surface area contributed by atoms with Crippen molar-refractivity contribution in [2.75, 3.05) is 28.4 Å². The van der Waals surface area contributed by atoms with Gasteiger partial charge in [0.15, 0.2) is 40.4 Å². The van der Waals surface area contributed by atoms with Gasteiger partial charge in [-0.15, -0.1) is 22.7 Å². The summed E-state index contributed by atoms with van der Waals surface area (Å²) < 4.78 is 54.1. The Hall–Kier alpha value is -2.90. The third kappa shape index (κ3) is 8.58. The number of fused-ring (bicyclic) bond motifs is 3. The number of halogens is 5. The molecule has 3 aliphatic rings. The number of Topliss-reactive ketones (excluding diaryl/α,β-unsaturated/α-hetero) is 1. The molecule has 3 heterocycles. The van der Waals surface area contributed by atoms with Crippen molar-refractivity contribution in [1.82, 2.24) is 0 Å². The Bertz CT molecular complexity index is 1880. The minimum Gasteiger partial charge on any atom is -0.493 e. The minimum atomic E-state index is -1.72. The van der Waals surface area contributed by atoms with Crippen LogP contribution in [0.2, 0.25) is 0 Å². The van der Waals surface area contributed by atoms with Crippen LogP contribution in [0.25, 0.3) is 20.2 Å². The highest BCUT2D eigenvalue weighted by atomic mass is 35.8. The van der Waals surface area contributed by atoms with E-state index in [4.69, 9.17) is 54.2 Å². The molecule has 2 unspecified atom stereocenters. The van der Waals surface area contributed by atoms with Gasteiger partial charge in [-0.25, -0.2) is 38.9 Å². The SMILES string of the molecule is COc1cc2sc(C(=O)[C@@H]3CC[C@@H]3C(=O)O)cc2c(F)c1OC.COc1cc2sccc2c(F)c1OC.O=C1OC(=O)C2CCC12.[Cl][Al]([Cl])[Cl]. The van der Waals surface area contributed by atoms with E-state index < -0.39 is 35.0 Å². The Kier molecular flexibility index (Phi) is 14.0. The van der Waals surface area contributed by atoms with Gasteiger partial charge in [0, 0.05) is 38.2 Å². The summed E-state index contributed by atoms with van der Waals surface area (Å²) >= 11 is 0.894. The fraction of sp³-hybridized carbons (Fsp3) is 0.375. The van der Waals surface area contributed by atoms with Gasteiger partial charge in [-0.1, -0.05) is 0 Å². The fourth-order valence-electron chi connectivity index (χ4n) is 5.54. The quantitative estimate of drug-likeness (QED) is 0.0843. The monoisotopic (exact) mass is 808 g/mol. The number of hydrogen-bond donors (Lipinski definition) is 1. The fourth-order valence-corrected chi connectivity index (χ4v) is 7.44. The number of ether oxygens (including phenoxy) is 5. The summed E-state index contributed by atoms with van der Waals surface area (Å²) in [6.07, 6.45) is 2.75. The molecule has 0 amide bonds. The van der Waals surface area contributed by atoms with Crippen LogP contribution >= 0.6 is 52.8 Å². The second-order valence-corrected chi connectivity index (χ2v) is 19.4. The molecular weight excluding hydrogens is 780 g/mol. The number of esters is 2. The van der Waals surface area contributed by atoms with Crippen LogP contribution in [0.1, 0.15) is 35.4 Å². The molecule has 1 N–H and O–H groups in total. The number of ketones is 1. The molecule has 3 fully saturated rings. The van der Waals surface area contributed by atoms with E-state index in [1.807, 2.05) is 5.38 Å². The Morgan fingerprint density at radius 1 is 0.800 bits per heavy atom. The maximum atomic E-state index is 14.5. The van der Waals surface area contributed by atoms with Crippen molar-refractivity contribution in [3.8, 4) is 23.0 Å². The highest BCUT2D eigenvalue weighted by Gasteiger charge is 2.50. The van der Waals surface area contributed by atoms with E-state index in [0.29, 0.717) is 33.6 Å². The molecular formula is C32H30AlCl3F2O10S2. The number of carboxylic acids is 1. The van der Waals surface area contributed by atoms with E-state index in [1.54, 1.807) is 18.2 Å². The first-order valence-electron chi connectivity index (χ1n) is 14.8. The third-order valence-electron chi connectivity index (χ3n) is 8.40. The summed E-state index contributed by atoms with van der Waals surface area (Å²) in [6.45, 7) is 0. The van der Waals surface area contributed by atoms with Gasteiger partial charge in [0.2, 0.25) is 0 Å². The Morgan fingerprint density at radius 2 is 1.30 bits per heavy atom. The summed E-state index contributed by atoms with van der Waals surface area (Å²) in [6, 6.07) is 6.60. The van der Waals surface area contributed by atoms with Gasteiger partial charge < -0.3 is 28.8 Å². The minimum absolute atomic E-state index is 0.0103. The summed E-state index contributed by atoms with van der Waals surface area (Å²) in [5, 5.41) is 11.8. The predicted octanol–water partition coefficient (Wildman–Crippen LogP) is 8.19. The van der Waals surface area contributed by atoms with Crippen LogP contribution in [0.4, 0.5) is 8.78 Å². The lowest BCUT2D eigenvalue weighted by molar-refractivity contribution is -0.153. The van der Waals surface area contributed by atoms with Gasteiger partial charge in [-0.05, 0) is 43.2 Å². The first-order chi connectivity index (χ1) is 23.8. The van der Waals surface area contributed by atoms with E-state index >= 15 is 0 Å². The maximum absolute atomic E-state index is 14.5. The van der Waals surface area contributed by atoms with Crippen LogP contribution in [0.3, 0.4) is 0 Å². The van der Waals surface area contributed by atoms with Crippen LogP contribution in [-0.2, 0) is 19.1 Å². The number of carboxylic acid groups (broad SMARTS) is 1. The van der Waals surface area contributed by atoms with E-state index in [-0.39, 0.29) is 58.0 Å². The zero-order chi connectivity index (χ0) is 36.9. The van der Waals surface area contributed by atoms with Gasteiger partial charge in [0.1, 0.15) is 0 Å². The van der Waals surface area contributed by atoms with Gasteiger partial charge in [0.05, 0.1) is 51.1 Å². The molecule has 18 heteroatoms. The molecule has 4 aromatic rings. The largest absolute Gasteiger partial charge is 0.643 e. The standard InChI is InChI=1S/C16H15FO5S.C10H9FO2S.C6H6O3.Al.3ClH/c1-21-10-6-11-9(13(17)15(10)22-2)5-12(23-11)14(18)7-3-4-8(7)16(19)20;1-12-7-5-8-6(3-4-14-8)9(11)10(7)13-2;7-5-3-1-2-4(3)6(8)9-5;;;;/h5-8H,3-4H2,1-2H3,(H,19,20);3-5H,1-2H3;3-4H,1-2H2;;3*1H/q;;;+3;;;/p-3/t7-,8+;;;;;;/m1....../s1. The van der Waals surface area contributed by atoms with Crippen molar-refractivity contribution in [3.63, 3.8) is 0 Å². The van der Waals surface area contributed by atoms with Gasteiger partial charge in [0.25, 0.3) is 0 Å². The van der Waals surface area contributed by atoms with Crippen molar-refractivity contribution in [2.24, 2.45) is 23.7 Å². The molecule has 4 atom stereocenters. The van der Waals surface area contributed by atoms with Crippen LogP contribution < -0.4 is 18.9 Å². The number of benzene rings is 2. The summed E-state index contributed by atoms with van der Waals surface area (Å²) in [4.78, 5) is 45.1. The number of methoxy groups -OCH3 is 4. The van der Waals surface area contributed by atoms with E-state index in [2.05, 4.69) is 4.74 Å². The lowest BCUT2D eigenvalue weighted by Gasteiger charge is -2.31. The van der Waals surface area contributed by atoms with Crippen molar-refractivity contribution in [1.29, 1.82) is 0 Å². The summed E-state index contributed by atoms with van der Waals surface area (Å²) in [5.41, 5.74) is 0. The van der Waals surface area contributed by atoms with Crippen LogP contribution in [-0.4, -0.2) is 68.6 Å². The molecule has 2 aromatic heterocycles. The van der Waals surface area contributed by atoms with Crippen LogP contribution in [0, 0.1) is 35.3 Å². The number of hydrogen-bond acceptors (Lipinski definition) is 11. The summed E-state index contributed by atoms with van der Waals surface area (Å²) in [5.74, 6) is -3.21. The molecule has 2 saturated carbocycles. The van der Waals surface area contributed by atoms with E-state index in [9.17, 15) is 28.0 Å². The number of rotatable bonds is 7. The van der Waals surface area contributed by atoms with E-state index in [0.717, 1.165) is 28.9 Å². The van der Waals surface area contributed by atoms with Gasteiger partial charge in [-0.2, -0.15) is 0 Å². The molecule has 1 aliphatic heterocycles. The van der Waals surface area contributed by atoms with Gasteiger partial charge >= 0.3 is 29.3 Å². The first kappa shape index (κ1) is 39.9. The molecule has 10 nitrogen and oxygen atoms in total. The molecule has 0 spiro atoms. The topological polar surface area (TPSA) is 135 Å². The molecule has 0 radical (unpaired) electrons. The highest BCUT2D eigenvalue weighted by molar-refractivity contribution is 7.54. The Morgan fingerprint density at radius 3 is 1.72 bits per heavy atom. The number of carbonyl (C=O) groups is 4. The Labute approximate surface area is 310 Å². The summed E-state index contributed by atoms with van der Waals surface area (Å²) in [7, 11) is 20.5. The highest BCUT2D eigenvalue weighted by Crippen LogP contribution is 2.43. The number of carbonyl (C=O) groups excluding carboxylic acids is 3. The smallest absolute Gasteiger partial charge is 0.493 e. The van der Waals surface area contributed by atoms with Crippen LogP contribution in [0.15, 0.2) is 29.6 Å². The Balaban J connectivity index is 0.000000175. The predicted molar refractivity (Wildman–Crippen MR) is 189 cm³/mol. The lowest BCUT2D eigenvalue weighted by Crippen LogP contribution is -2.37. The number of thiophene rings is 2. The number of aliphatic carboxylic acids is 1. The molecule has 2 aliphatic carbocycles. The zero-order valence-electron chi connectivity index (χ0n) is 26.9. The van der Waals surface area contributed by atoms with Gasteiger partial charge in [-0.3, -0.25) is 19.2 Å². The molecule has 2 aromatic carbocycles. The third-order valence-corrected chi connectivity index (χ3v) is 10.4. The van der Waals surface area contributed by atoms with Crippen molar-refractivity contribution in [2.45, 2.75) is 25.7 Å². The van der Waals surface area contributed by atoms with Crippen molar-refractivity contribution in [3.05, 3.63) is 46.2 Å². The van der Waals surface area contributed by atoms with Crippen LogP contribution in [0.5, 0.6) is 23.0 Å². The average molecular weight is 810 g/mol.